The number of carbonyl (C=O) groups excluding carboxylic acids is 2. The van der Waals surface area contributed by atoms with Crippen molar-refractivity contribution in [1.82, 2.24) is 15.1 Å². The molecule has 1 atom stereocenters. The number of rotatable bonds is 6. The van der Waals surface area contributed by atoms with E-state index in [1.807, 2.05) is 12.1 Å². The molecule has 1 aromatic carbocycles. The Morgan fingerprint density at radius 2 is 1.67 bits per heavy atom. The number of hydrogen-bond acceptors (Lipinski definition) is 7. The van der Waals surface area contributed by atoms with Crippen molar-refractivity contribution in [1.29, 1.82) is 0 Å². The fraction of sp³-hybridized carbons (Fsp3) is 0.579. The lowest BCUT2D eigenvalue weighted by Crippen LogP contribution is -2.54. The molecule has 1 saturated heterocycles. The third kappa shape index (κ3) is 5.33. The van der Waals surface area contributed by atoms with Crippen LogP contribution in [0.3, 0.4) is 0 Å². The molecule has 0 aliphatic carbocycles. The van der Waals surface area contributed by atoms with Gasteiger partial charge >= 0.3 is 6.09 Å². The summed E-state index contributed by atoms with van der Waals surface area (Å²) in [5.74, 6) is 1.12. The molecule has 1 heterocycles. The molecule has 0 radical (unpaired) electrons. The van der Waals surface area contributed by atoms with Crippen molar-refractivity contribution in [2.75, 3.05) is 47.5 Å². The first-order chi connectivity index (χ1) is 12.9. The molecule has 2 rings (SSSR count). The minimum absolute atomic E-state index is 0.342. The highest BCUT2D eigenvalue weighted by molar-refractivity contribution is 5.94. The molecule has 150 valence electrons. The van der Waals surface area contributed by atoms with Gasteiger partial charge in [0.15, 0.2) is 11.5 Å². The lowest BCUT2D eigenvalue weighted by atomic mass is 10.1. The van der Waals surface area contributed by atoms with Crippen LogP contribution in [0.2, 0.25) is 0 Å². The second-order valence-corrected chi connectivity index (χ2v) is 6.60. The monoisotopic (exact) mass is 379 g/mol. The SMILES string of the molecule is COC(=O)NC(=O)[C@H](C)N1CCN(Cc2cc(OC)c(OC)cc2C)CC1. The lowest BCUT2D eigenvalue weighted by Gasteiger charge is -2.37. The molecule has 0 spiro atoms. The Hall–Kier alpha value is -2.32. The summed E-state index contributed by atoms with van der Waals surface area (Å²) < 4.78 is 15.2. The number of hydrogen-bond donors (Lipinski definition) is 1. The van der Waals surface area contributed by atoms with E-state index in [1.54, 1.807) is 21.1 Å². The molecule has 0 aromatic heterocycles. The van der Waals surface area contributed by atoms with Gasteiger partial charge < -0.3 is 14.2 Å². The maximum absolute atomic E-state index is 12.1. The van der Waals surface area contributed by atoms with Gasteiger partial charge in [0.1, 0.15) is 0 Å². The molecule has 1 aromatic rings. The predicted octanol–water partition coefficient (Wildman–Crippen LogP) is 1.40. The number of imide groups is 1. The smallest absolute Gasteiger partial charge is 0.413 e. The summed E-state index contributed by atoms with van der Waals surface area (Å²) in [7, 11) is 4.51. The lowest BCUT2D eigenvalue weighted by molar-refractivity contribution is -0.125. The van der Waals surface area contributed by atoms with Crippen LogP contribution < -0.4 is 14.8 Å². The number of nitrogens with one attached hydrogen (secondary N) is 1. The summed E-state index contributed by atoms with van der Waals surface area (Å²) in [5.41, 5.74) is 2.35. The van der Waals surface area contributed by atoms with Gasteiger partial charge in [-0.1, -0.05) is 0 Å². The molecule has 1 aliphatic rings. The summed E-state index contributed by atoms with van der Waals surface area (Å²) >= 11 is 0. The quantitative estimate of drug-likeness (QED) is 0.800. The number of piperazine rings is 1. The molecule has 0 saturated carbocycles. The molecule has 0 unspecified atom stereocenters. The minimum Gasteiger partial charge on any atom is -0.493 e. The molecule has 0 bridgehead atoms. The number of benzene rings is 1. The third-order valence-electron chi connectivity index (χ3n) is 4.98. The van der Waals surface area contributed by atoms with Crippen LogP contribution >= 0.6 is 0 Å². The van der Waals surface area contributed by atoms with Gasteiger partial charge in [-0.25, -0.2) is 4.79 Å². The summed E-state index contributed by atoms with van der Waals surface area (Å²) in [4.78, 5) is 27.7. The third-order valence-corrected chi connectivity index (χ3v) is 4.98. The van der Waals surface area contributed by atoms with Crippen molar-refractivity contribution in [3.05, 3.63) is 23.3 Å². The molecule has 1 aliphatic heterocycles. The first-order valence-electron chi connectivity index (χ1n) is 8.96. The molecular formula is C19H29N3O5. The number of aryl methyl sites for hydroxylation is 1. The van der Waals surface area contributed by atoms with E-state index >= 15 is 0 Å². The van der Waals surface area contributed by atoms with Crippen molar-refractivity contribution < 1.29 is 23.8 Å². The second-order valence-electron chi connectivity index (χ2n) is 6.60. The number of carbonyl (C=O) groups is 2. The van der Waals surface area contributed by atoms with Crippen molar-refractivity contribution >= 4 is 12.0 Å². The fourth-order valence-corrected chi connectivity index (χ4v) is 3.16. The maximum Gasteiger partial charge on any atom is 0.413 e. The average Bonchev–Trinajstić information content (AvgIpc) is 2.68. The zero-order valence-electron chi connectivity index (χ0n) is 16.7. The summed E-state index contributed by atoms with van der Waals surface area (Å²) in [6.45, 7) is 7.85. The average molecular weight is 379 g/mol. The van der Waals surface area contributed by atoms with E-state index in [9.17, 15) is 9.59 Å². The Morgan fingerprint density at radius 3 is 2.22 bits per heavy atom. The summed E-state index contributed by atoms with van der Waals surface area (Å²) in [5, 5.41) is 2.23. The van der Waals surface area contributed by atoms with Crippen LogP contribution in [-0.2, 0) is 16.1 Å². The van der Waals surface area contributed by atoms with Gasteiger partial charge in [-0.05, 0) is 37.1 Å². The van der Waals surface area contributed by atoms with E-state index in [0.29, 0.717) is 0 Å². The fourth-order valence-electron chi connectivity index (χ4n) is 3.16. The largest absolute Gasteiger partial charge is 0.493 e. The standard InChI is InChI=1S/C19H29N3O5/c1-13-10-16(25-3)17(26-4)11-15(13)12-21-6-8-22(9-7-21)14(2)18(23)20-19(24)27-5/h10-11,14H,6-9,12H2,1-5H3,(H,20,23,24)/t14-/m0/s1. The predicted molar refractivity (Wildman–Crippen MR) is 101 cm³/mol. The highest BCUT2D eigenvalue weighted by Crippen LogP contribution is 2.31. The zero-order valence-corrected chi connectivity index (χ0v) is 16.7. The number of methoxy groups -OCH3 is 3. The van der Waals surface area contributed by atoms with Crippen LogP contribution in [0.5, 0.6) is 11.5 Å². The van der Waals surface area contributed by atoms with E-state index < -0.39 is 6.09 Å². The topological polar surface area (TPSA) is 80.3 Å². The Labute approximate surface area is 160 Å². The van der Waals surface area contributed by atoms with Gasteiger partial charge in [0, 0.05) is 32.7 Å². The first-order valence-corrected chi connectivity index (χ1v) is 8.96. The molecule has 2 amide bonds. The highest BCUT2D eigenvalue weighted by atomic mass is 16.5. The van der Waals surface area contributed by atoms with Crippen molar-refractivity contribution in [2.45, 2.75) is 26.4 Å². The van der Waals surface area contributed by atoms with Gasteiger partial charge in [-0.2, -0.15) is 0 Å². The van der Waals surface area contributed by atoms with Crippen LogP contribution in [-0.4, -0.2) is 75.4 Å². The minimum atomic E-state index is -0.727. The molecule has 1 fully saturated rings. The van der Waals surface area contributed by atoms with Crippen molar-refractivity contribution in [2.24, 2.45) is 0 Å². The van der Waals surface area contributed by atoms with Gasteiger partial charge in [-0.3, -0.25) is 19.9 Å². The second kappa shape index (κ2) is 9.57. The highest BCUT2D eigenvalue weighted by Gasteiger charge is 2.27. The van der Waals surface area contributed by atoms with Crippen molar-refractivity contribution in [3.63, 3.8) is 0 Å². The van der Waals surface area contributed by atoms with Crippen LogP contribution in [0.4, 0.5) is 4.79 Å². The van der Waals surface area contributed by atoms with E-state index in [-0.39, 0.29) is 11.9 Å². The van der Waals surface area contributed by atoms with Gasteiger partial charge in [0.05, 0.1) is 27.4 Å². The summed E-state index contributed by atoms with van der Waals surface area (Å²) in [6, 6.07) is 3.63. The van der Waals surface area contributed by atoms with Gasteiger partial charge in [0.2, 0.25) is 5.91 Å². The zero-order chi connectivity index (χ0) is 20.0. The number of alkyl carbamates (subject to hydrolysis) is 1. The molecular weight excluding hydrogens is 350 g/mol. The van der Waals surface area contributed by atoms with Crippen LogP contribution in [0.25, 0.3) is 0 Å². The molecule has 1 N–H and O–H groups in total. The first kappa shape index (κ1) is 21.0. The van der Waals surface area contributed by atoms with E-state index in [1.165, 1.54) is 12.7 Å². The van der Waals surface area contributed by atoms with Crippen LogP contribution in [0.1, 0.15) is 18.1 Å². The Bertz CT molecular complexity index is 672. The Balaban J connectivity index is 1.93. The maximum atomic E-state index is 12.1. The number of nitrogens with zero attached hydrogens (tertiary/aromatic N) is 2. The van der Waals surface area contributed by atoms with Gasteiger partial charge in [0.25, 0.3) is 0 Å². The van der Waals surface area contributed by atoms with Crippen LogP contribution in [0.15, 0.2) is 12.1 Å². The number of amides is 2. The summed E-state index contributed by atoms with van der Waals surface area (Å²) in [6.07, 6.45) is -0.727. The van der Waals surface area contributed by atoms with Crippen molar-refractivity contribution in [3.8, 4) is 11.5 Å². The molecule has 8 heteroatoms. The van der Waals surface area contributed by atoms with E-state index in [4.69, 9.17) is 9.47 Å². The normalized spacial score (nSPS) is 16.5. The molecule has 8 nitrogen and oxygen atoms in total. The van der Waals surface area contributed by atoms with Crippen LogP contribution in [0, 0.1) is 6.92 Å². The number of ether oxygens (including phenoxy) is 3. The van der Waals surface area contributed by atoms with E-state index in [2.05, 4.69) is 26.8 Å². The van der Waals surface area contributed by atoms with Gasteiger partial charge in [-0.15, -0.1) is 0 Å². The van der Waals surface area contributed by atoms with E-state index in [0.717, 1.165) is 49.8 Å². The Kier molecular flexibility index (Phi) is 7.44. The Morgan fingerprint density at radius 1 is 1.07 bits per heavy atom. The molecule has 27 heavy (non-hydrogen) atoms.